The fourth-order valence-corrected chi connectivity index (χ4v) is 3.90. The van der Waals surface area contributed by atoms with E-state index < -0.39 is 5.97 Å². The second kappa shape index (κ2) is 8.12. The molecule has 0 unspecified atom stereocenters. The molecular formula is C17H18ClFN2O3S. The molecule has 8 heteroatoms. The van der Waals surface area contributed by atoms with E-state index in [0.717, 1.165) is 36.6 Å². The van der Waals surface area contributed by atoms with Gasteiger partial charge in [-0.1, -0.05) is 35.1 Å². The van der Waals surface area contributed by atoms with Gasteiger partial charge in [-0.25, -0.2) is 14.2 Å². The number of benzene rings is 1. The van der Waals surface area contributed by atoms with E-state index in [9.17, 15) is 9.18 Å². The van der Waals surface area contributed by atoms with Gasteiger partial charge in [0.25, 0.3) is 0 Å². The van der Waals surface area contributed by atoms with Gasteiger partial charge in [0, 0.05) is 13.1 Å². The topological polar surface area (TPSA) is 51.7 Å². The Morgan fingerprint density at radius 2 is 2.04 bits per heavy atom. The highest BCUT2D eigenvalue weighted by Crippen LogP contribution is 2.32. The molecule has 0 amide bonds. The molecule has 3 rings (SSSR count). The van der Waals surface area contributed by atoms with Crippen LogP contribution in [0.3, 0.4) is 0 Å². The standard InChI is InChI=1S/C17H18ClFN2O3S/c1-23-16(22)14-15(18)20-17(25-14)21-8-6-13(7-9-21)24-10-11-2-4-12(19)5-3-11/h2-5,13H,6-10H2,1H3. The number of methoxy groups -OCH3 is 1. The van der Waals surface area contributed by atoms with E-state index in [2.05, 4.69) is 9.88 Å². The lowest BCUT2D eigenvalue weighted by molar-refractivity contribution is 0.0251. The van der Waals surface area contributed by atoms with E-state index in [-0.39, 0.29) is 17.1 Å². The zero-order valence-corrected chi connectivity index (χ0v) is 15.3. The molecule has 1 fully saturated rings. The smallest absolute Gasteiger partial charge is 0.351 e. The van der Waals surface area contributed by atoms with Gasteiger partial charge in [0.1, 0.15) is 5.82 Å². The Balaban J connectivity index is 1.51. The molecule has 0 atom stereocenters. The van der Waals surface area contributed by atoms with Crippen molar-refractivity contribution in [1.29, 1.82) is 0 Å². The zero-order chi connectivity index (χ0) is 17.8. The molecule has 0 aliphatic carbocycles. The van der Waals surface area contributed by atoms with Crippen molar-refractivity contribution >= 4 is 34.0 Å². The summed E-state index contributed by atoms with van der Waals surface area (Å²) in [5, 5.41) is 0.906. The molecule has 1 aliphatic heterocycles. The fourth-order valence-electron chi connectivity index (χ4n) is 2.65. The lowest BCUT2D eigenvalue weighted by atomic mass is 10.1. The van der Waals surface area contributed by atoms with Crippen molar-refractivity contribution in [2.75, 3.05) is 25.1 Å². The Morgan fingerprint density at radius 3 is 2.68 bits per heavy atom. The molecule has 1 aliphatic rings. The van der Waals surface area contributed by atoms with E-state index in [1.54, 1.807) is 12.1 Å². The molecule has 2 aromatic rings. The average Bonchev–Trinajstić information content (AvgIpc) is 3.03. The van der Waals surface area contributed by atoms with Gasteiger partial charge in [-0.3, -0.25) is 0 Å². The van der Waals surface area contributed by atoms with Gasteiger partial charge in [-0.2, -0.15) is 0 Å². The number of ether oxygens (including phenoxy) is 2. The van der Waals surface area contributed by atoms with Gasteiger partial charge in [0.05, 0.1) is 19.8 Å². The number of hydrogen-bond acceptors (Lipinski definition) is 6. The second-order valence-electron chi connectivity index (χ2n) is 5.73. The molecule has 0 spiro atoms. The average molecular weight is 385 g/mol. The molecule has 0 bridgehead atoms. The molecule has 0 saturated carbocycles. The first-order valence-corrected chi connectivity index (χ1v) is 9.12. The first-order valence-electron chi connectivity index (χ1n) is 7.92. The molecule has 1 saturated heterocycles. The van der Waals surface area contributed by atoms with E-state index in [1.807, 2.05) is 0 Å². The Labute approximate surface area is 154 Å². The lowest BCUT2D eigenvalue weighted by Crippen LogP contribution is -2.36. The highest BCUT2D eigenvalue weighted by atomic mass is 35.5. The maximum Gasteiger partial charge on any atom is 0.351 e. The first kappa shape index (κ1) is 18.1. The molecule has 1 aromatic carbocycles. The van der Waals surface area contributed by atoms with Crippen LogP contribution in [-0.4, -0.2) is 37.3 Å². The van der Waals surface area contributed by atoms with Crippen LogP contribution in [0.1, 0.15) is 28.1 Å². The fraction of sp³-hybridized carbons (Fsp3) is 0.412. The normalized spacial score (nSPS) is 15.4. The second-order valence-corrected chi connectivity index (χ2v) is 7.07. The van der Waals surface area contributed by atoms with Crippen molar-refractivity contribution in [3.05, 3.63) is 45.7 Å². The van der Waals surface area contributed by atoms with Crippen molar-refractivity contribution in [3.63, 3.8) is 0 Å². The van der Waals surface area contributed by atoms with Gasteiger partial charge in [0.15, 0.2) is 15.2 Å². The van der Waals surface area contributed by atoms with Crippen LogP contribution in [-0.2, 0) is 16.1 Å². The van der Waals surface area contributed by atoms with Crippen molar-refractivity contribution < 1.29 is 18.7 Å². The van der Waals surface area contributed by atoms with Crippen molar-refractivity contribution in [1.82, 2.24) is 4.98 Å². The third-order valence-corrected chi connectivity index (χ3v) is 5.54. The predicted molar refractivity (Wildman–Crippen MR) is 94.9 cm³/mol. The van der Waals surface area contributed by atoms with Gasteiger partial charge >= 0.3 is 5.97 Å². The summed E-state index contributed by atoms with van der Waals surface area (Å²) in [6, 6.07) is 6.34. The number of esters is 1. The van der Waals surface area contributed by atoms with Crippen LogP contribution in [0.4, 0.5) is 9.52 Å². The SMILES string of the molecule is COC(=O)c1sc(N2CCC(OCc3ccc(F)cc3)CC2)nc1Cl. The highest BCUT2D eigenvalue weighted by molar-refractivity contribution is 7.18. The molecular weight excluding hydrogens is 367 g/mol. The summed E-state index contributed by atoms with van der Waals surface area (Å²) in [4.78, 5) is 18.3. The molecule has 0 N–H and O–H groups in total. The molecule has 0 radical (unpaired) electrons. The summed E-state index contributed by atoms with van der Waals surface area (Å²) in [6.45, 7) is 2.03. The molecule has 134 valence electrons. The van der Waals surface area contributed by atoms with E-state index >= 15 is 0 Å². The number of piperidine rings is 1. The van der Waals surface area contributed by atoms with Gasteiger partial charge in [-0.15, -0.1) is 0 Å². The predicted octanol–water partition coefficient (Wildman–Crippen LogP) is 3.91. The Hall–Kier alpha value is -1.70. The number of nitrogens with zero attached hydrogens (tertiary/aromatic N) is 2. The minimum atomic E-state index is -0.466. The van der Waals surface area contributed by atoms with Crippen LogP contribution in [0.15, 0.2) is 24.3 Å². The van der Waals surface area contributed by atoms with E-state index in [4.69, 9.17) is 21.1 Å². The first-order chi connectivity index (χ1) is 12.1. The number of carbonyl (C=O) groups is 1. The minimum absolute atomic E-state index is 0.150. The summed E-state index contributed by atoms with van der Waals surface area (Å²) >= 11 is 7.26. The molecule has 2 heterocycles. The molecule has 25 heavy (non-hydrogen) atoms. The lowest BCUT2D eigenvalue weighted by Gasteiger charge is -2.31. The van der Waals surface area contributed by atoms with Crippen LogP contribution in [0.2, 0.25) is 5.15 Å². The highest BCUT2D eigenvalue weighted by Gasteiger charge is 2.25. The third kappa shape index (κ3) is 4.48. The number of anilines is 1. The zero-order valence-electron chi connectivity index (χ0n) is 13.7. The van der Waals surface area contributed by atoms with Gasteiger partial charge in [0.2, 0.25) is 0 Å². The van der Waals surface area contributed by atoms with Crippen molar-refractivity contribution in [2.45, 2.75) is 25.6 Å². The van der Waals surface area contributed by atoms with E-state index in [1.165, 1.54) is 30.6 Å². The Bertz CT molecular complexity index is 730. The van der Waals surface area contributed by atoms with Crippen LogP contribution >= 0.6 is 22.9 Å². The van der Waals surface area contributed by atoms with Crippen molar-refractivity contribution in [2.24, 2.45) is 0 Å². The Kier molecular flexibility index (Phi) is 5.88. The molecule has 1 aromatic heterocycles. The number of halogens is 2. The number of carbonyl (C=O) groups excluding carboxylic acids is 1. The maximum absolute atomic E-state index is 12.9. The summed E-state index contributed by atoms with van der Waals surface area (Å²) in [5.41, 5.74) is 0.957. The van der Waals surface area contributed by atoms with E-state index in [0.29, 0.717) is 11.5 Å². The third-order valence-electron chi connectivity index (χ3n) is 4.06. The maximum atomic E-state index is 12.9. The van der Waals surface area contributed by atoms with Crippen LogP contribution in [0.25, 0.3) is 0 Å². The van der Waals surface area contributed by atoms with Crippen LogP contribution in [0, 0.1) is 5.82 Å². The summed E-state index contributed by atoms with van der Waals surface area (Å²) in [6.07, 6.45) is 1.86. The largest absolute Gasteiger partial charge is 0.465 e. The molecule has 5 nitrogen and oxygen atoms in total. The van der Waals surface area contributed by atoms with Crippen LogP contribution < -0.4 is 4.90 Å². The summed E-state index contributed by atoms with van der Waals surface area (Å²) in [5.74, 6) is -0.711. The number of aromatic nitrogens is 1. The summed E-state index contributed by atoms with van der Waals surface area (Å²) < 4.78 is 23.5. The number of hydrogen-bond donors (Lipinski definition) is 0. The minimum Gasteiger partial charge on any atom is -0.465 e. The Morgan fingerprint density at radius 1 is 1.36 bits per heavy atom. The quantitative estimate of drug-likeness (QED) is 0.731. The number of thiazole rings is 1. The summed E-state index contributed by atoms with van der Waals surface area (Å²) in [7, 11) is 1.32. The number of rotatable bonds is 5. The van der Waals surface area contributed by atoms with Crippen molar-refractivity contribution in [3.8, 4) is 0 Å². The van der Waals surface area contributed by atoms with Crippen LogP contribution in [0.5, 0.6) is 0 Å². The van der Waals surface area contributed by atoms with Gasteiger partial charge < -0.3 is 14.4 Å². The van der Waals surface area contributed by atoms with Gasteiger partial charge in [-0.05, 0) is 30.5 Å². The monoisotopic (exact) mass is 384 g/mol.